The average molecular weight is 371 g/mol. The highest BCUT2D eigenvalue weighted by Gasteiger charge is 2.11. The van der Waals surface area contributed by atoms with Crippen molar-refractivity contribution in [3.8, 4) is 11.4 Å². The Hall–Kier alpha value is -2.34. The van der Waals surface area contributed by atoms with Gasteiger partial charge in [-0.1, -0.05) is 59.3 Å². The monoisotopic (exact) mass is 370 g/mol. The van der Waals surface area contributed by atoms with Gasteiger partial charge in [-0.15, -0.1) is 10.2 Å². The van der Waals surface area contributed by atoms with Crippen LogP contribution >= 0.6 is 15.9 Å². The highest BCUT2D eigenvalue weighted by Crippen LogP contribution is 2.15. The zero-order chi connectivity index (χ0) is 16.2. The quantitative estimate of drug-likeness (QED) is 0.644. The highest BCUT2D eigenvalue weighted by molar-refractivity contribution is 9.10. The fourth-order valence-corrected chi connectivity index (χ4v) is 2.60. The summed E-state index contributed by atoms with van der Waals surface area (Å²) in [7, 11) is 0. The topological polar surface area (TPSA) is 60.7 Å². The summed E-state index contributed by atoms with van der Waals surface area (Å²) in [5.74, 6) is 0.464. The van der Waals surface area contributed by atoms with Crippen molar-refractivity contribution in [1.29, 1.82) is 0 Å². The molecule has 0 radical (unpaired) electrons. The number of halogens is 1. The molecule has 0 saturated carbocycles. The summed E-state index contributed by atoms with van der Waals surface area (Å²) in [5, 5.41) is 12.3. The first-order valence-electron chi connectivity index (χ1n) is 7.31. The molecule has 0 N–H and O–H groups in total. The van der Waals surface area contributed by atoms with Crippen molar-refractivity contribution in [2.24, 2.45) is 0 Å². The van der Waals surface area contributed by atoms with Crippen molar-refractivity contribution in [3.63, 3.8) is 0 Å². The summed E-state index contributed by atoms with van der Waals surface area (Å²) in [6.07, 6.45) is 0.988. The third kappa shape index (κ3) is 3.71. The number of nitrogens with zero attached hydrogens (tertiary/aromatic N) is 4. The van der Waals surface area contributed by atoms with Crippen LogP contribution in [0.3, 0.4) is 0 Å². The van der Waals surface area contributed by atoms with Crippen LogP contribution < -0.4 is 0 Å². The normalized spacial score (nSPS) is 10.7. The fraction of sp³-hybridized carbons (Fsp3) is 0.176. The van der Waals surface area contributed by atoms with Gasteiger partial charge in [-0.2, -0.15) is 4.80 Å². The Labute approximate surface area is 142 Å². The number of aromatic nitrogens is 4. The predicted octanol–water partition coefficient (Wildman–Crippen LogP) is 3.55. The molecule has 23 heavy (non-hydrogen) atoms. The first kappa shape index (κ1) is 15.6. The van der Waals surface area contributed by atoms with Crippen LogP contribution in [-0.2, 0) is 13.0 Å². The maximum absolute atomic E-state index is 12.2. The van der Waals surface area contributed by atoms with E-state index in [0.29, 0.717) is 11.4 Å². The molecule has 116 valence electrons. The van der Waals surface area contributed by atoms with Gasteiger partial charge in [0.15, 0.2) is 5.78 Å². The number of aryl methyl sites for hydroxylation is 1. The second kappa shape index (κ2) is 6.83. The molecule has 0 atom stereocenters. The van der Waals surface area contributed by atoms with Crippen molar-refractivity contribution in [2.45, 2.75) is 19.9 Å². The Morgan fingerprint density at radius 1 is 1.17 bits per heavy atom. The van der Waals surface area contributed by atoms with Gasteiger partial charge in [-0.25, -0.2) is 0 Å². The lowest BCUT2D eigenvalue weighted by atomic mass is 10.1. The molecule has 2 aromatic carbocycles. The van der Waals surface area contributed by atoms with Gasteiger partial charge in [0.25, 0.3) is 0 Å². The van der Waals surface area contributed by atoms with E-state index in [2.05, 4.69) is 38.3 Å². The number of tetrazole rings is 1. The summed E-state index contributed by atoms with van der Waals surface area (Å²) in [6, 6.07) is 15.3. The standard InChI is InChI=1S/C17H15BrN4O/c1-2-12-6-8-13(9-7-12)17-19-21-22(20-17)11-16(23)14-4-3-5-15(18)10-14/h3-10H,2,11H2,1H3. The van der Waals surface area contributed by atoms with Gasteiger partial charge in [-0.05, 0) is 29.3 Å². The van der Waals surface area contributed by atoms with E-state index in [4.69, 9.17) is 0 Å². The number of Topliss-reactive ketones (excluding diaryl/α,β-unsaturated/α-hetero) is 1. The van der Waals surface area contributed by atoms with Crippen LogP contribution in [0, 0.1) is 0 Å². The summed E-state index contributed by atoms with van der Waals surface area (Å²) >= 11 is 3.36. The fourth-order valence-electron chi connectivity index (χ4n) is 2.20. The summed E-state index contributed by atoms with van der Waals surface area (Å²) in [4.78, 5) is 13.6. The van der Waals surface area contributed by atoms with Crippen molar-refractivity contribution in [3.05, 3.63) is 64.1 Å². The minimum Gasteiger partial charge on any atom is -0.292 e. The number of rotatable bonds is 5. The van der Waals surface area contributed by atoms with Crippen molar-refractivity contribution in [2.75, 3.05) is 0 Å². The molecule has 0 amide bonds. The van der Waals surface area contributed by atoms with E-state index in [1.807, 2.05) is 36.4 Å². The second-order valence-corrected chi connectivity index (χ2v) is 6.04. The smallest absolute Gasteiger partial charge is 0.204 e. The maximum Gasteiger partial charge on any atom is 0.204 e. The number of benzene rings is 2. The van der Waals surface area contributed by atoms with E-state index >= 15 is 0 Å². The summed E-state index contributed by atoms with van der Waals surface area (Å²) < 4.78 is 0.867. The summed E-state index contributed by atoms with van der Waals surface area (Å²) in [6.45, 7) is 2.17. The van der Waals surface area contributed by atoms with E-state index in [9.17, 15) is 4.79 Å². The number of carbonyl (C=O) groups is 1. The van der Waals surface area contributed by atoms with Crippen LogP contribution in [-0.4, -0.2) is 26.0 Å². The van der Waals surface area contributed by atoms with E-state index in [1.165, 1.54) is 10.4 Å². The van der Waals surface area contributed by atoms with Crippen LogP contribution in [0.25, 0.3) is 11.4 Å². The lowest BCUT2D eigenvalue weighted by Crippen LogP contribution is -2.13. The molecule has 1 heterocycles. The molecule has 0 unspecified atom stereocenters. The van der Waals surface area contributed by atoms with Crippen LogP contribution in [0.5, 0.6) is 0 Å². The minimum atomic E-state index is -0.0587. The molecule has 1 aromatic heterocycles. The van der Waals surface area contributed by atoms with Gasteiger partial charge in [0, 0.05) is 15.6 Å². The molecule has 0 aliphatic carbocycles. The molecular formula is C17H15BrN4O. The first-order chi connectivity index (χ1) is 11.2. The van der Waals surface area contributed by atoms with Gasteiger partial charge < -0.3 is 0 Å². The van der Waals surface area contributed by atoms with Crippen LogP contribution in [0.4, 0.5) is 0 Å². The van der Waals surface area contributed by atoms with E-state index < -0.39 is 0 Å². The van der Waals surface area contributed by atoms with Gasteiger partial charge in [0.05, 0.1) is 0 Å². The number of ketones is 1. The Morgan fingerprint density at radius 3 is 2.65 bits per heavy atom. The molecule has 0 fully saturated rings. The SMILES string of the molecule is CCc1ccc(-c2nnn(CC(=O)c3cccc(Br)c3)n2)cc1. The van der Waals surface area contributed by atoms with E-state index in [0.717, 1.165) is 16.5 Å². The lowest BCUT2D eigenvalue weighted by Gasteiger charge is -2.00. The predicted molar refractivity (Wildman–Crippen MR) is 91.1 cm³/mol. The lowest BCUT2D eigenvalue weighted by molar-refractivity contribution is 0.0961. The van der Waals surface area contributed by atoms with Crippen molar-refractivity contribution < 1.29 is 4.79 Å². The molecule has 0 aliphatic rings. The Kier molecular flexibility index (Phi) is 4.62. The molecule has 0 spiro atoms. The van der Waals surface area contributed by atoms with Crippen LogP contribution in [0.1, 0.15) is 22.8 Å². The van der Waals surface area contributed by atoms with Gasteiger partial charge in [-0.3, -0.25) is 4.79 Å². The largest absolute Gasteiger partial charge is 0.292 e. The van der Waals surface area contributed by atoms with Crippen molar-refractivity contribution in [1.82, 2.24) is 20.2 Å². The Bertz CT molecular complexity index is 827. The molecule has 5 nitrogen and oxygen atoms in total. The number of hydrogen-bond donors (Lipinski definition) is 0. The first-order valence-corrected chi connectivity index (χ1v) is 8.11. The number of carbonyl (C=O) groups excluding carboxylic acids is 1. The van der Waals surface area contributed by atoms with Gasteiger partial charge >= 0.3 is 0 Å². The number of hydrogen-bond acceptors (Lipinski definition) is 4. The molecular weight excluding hydrogens is 356 g/mol. The highest BCUT2D eigenvalue weighted by atomic mass is 79.9. The van der Waals surface area contributed by atoms with E-state index in [-0.39, 0.29) is 12.3 Å². The molecule has 0 bridgehead atoms. The van der Waals surface area contributed by atoms with Crippen LogP contribution in [0.2, 0.25) is 0 Å². The maximum atomic E-state index is 12.2. The zero-order valence-corrected chi connectivity index (χ0v) is 14.2. The molecule has 0 aliphatic heterocycles. The third-order valence-electron chi connectivity index (χ3n) is 3.50. The van der Waals surface area contributed by atoms with Gasteiger partial charge in [0.2, 0.25) is 5.82 Å². The minimum absolute atomic E-state index is 0.0587. The van der Waals surface area contributed by atoms with E-state index in [1.54, 1.807) is 12.1 Å². The third-order valence-corrected chi connectivity index (χ3v) is 4.00. The zero-order valence-electron chi connectivity index (χ0n) is 12.6. The molecule has 3 rings (SSSR count). The molecule has 0 saturated heterocycles. The molecule has 6 heteroatoms. The molecule has 3 aromatic rings. The van der Waals surface area contributed by atoms with Crippen LogP contribution in [0.15, 0.2) is 53.0 Å². The average Bonchev–Trinajstić information content (AvgIpc) is 3.03. The van der Waals surface area contributed by atoms with Crippen molar-refractivity contribution >= 4 is 21.7 Å². The Morgan fingerprint density at radius 2 is 1.96 bits per heavy atom. The van der Waals surface area contributed by atoms with Gasteiger partial charge in [0.1, 0.15) is 6.54 Å². The second-order valence-electron chi connectivity index (χ2n) is 5.13. The summed E-state index contributed by atoms with van der Waals surface area (Å²) in [5.41, 5.74) is 2.76. The Balaban J connectivity index is 1.75.